The Hall–Kier alpha value is -1.36. The molecule has 0 radical (unpaired) electrons. The van der Waals surface area contributed by atoms with Gasteiger partial charge in [0.1, 0.15) is 11.6 Å². The van der Waals surface area contributed by atoms with Crippen LogP contribution in [0.4, 0.5) is 5.82 Å². The zero-order valence-electron chi connectivity index (χ0n) is 9.60. The van der Waals surface area contributed by atoms with Gasteiger partial charge in [-0.25, -0.2) is 4.98 Å². The minimum Gasteiger partial charge on any atom is -0.391 e. The average molecular weight is 223 g/mol. The predicted octanol–water partition coefficient (Wildman–Crippen LogP) is 0.464. The van der Waals surface area contributed by atoms with E-state index < -0.39 is 0 Å². The molecule has 1 aliphatic rings. The van der Waals surface area contributed by atoms with Gasteiger partial charge in [-0.2, -0.15) is 0 Å². The number of hydrogen-bond acceptors (Lipinski definition) is 4. The highest BCUT2D eigenvalue weighted by molar-refractivity contribution is 5.39. The molecule has 88 valence electrons. The summed E-state index contributed by atoms with van der Waals surface area (Å²) < 4.78 is 0. The highest BCUT2D eigenvalue weighted by Gasteiger charge is 2.22. The first kappa shape index (κ1) is 11.1. The normalized spacial score (nSPS) is 20.8. The molecule has 1 aromatic rings. The number of H-pyrrole nitrogens is 1. The van der Waals surface area contributed by atoms with Gasteiger partial charge in [0.05, 0.1) is 6.10 Å². The first-order valence-electron chi connectivity index (χ1n) is 5.60. The van der Waals surface area contributed by atoms with E-state index in [1.807, 2.05) is 18.7 Å². The number of aromatic amines is 1. The van der Waals surface area contributed by atoms with Crippen LogP contribution in [0.15, 0.2) is 10.9 Å². The maximum Gasteiger partial charge on any atom is 0.252 e. The topological polar surface area (TPSA) is 69.2 Å². The fraction of sp³-hybridized carbons (Fsp3) is 0.636. The van der Waals surface area contributed by atoms with Crippen molar-refractivity contribution in [2.45, 2.75) is 32.3 Å². The molecule has 0 bridgehead atoms. The number of aliphatic hydroxyl groups excluding tert-OH is 1. The van der Waals surface area contributed by atoms with E-state index in [2.05, 4.69) is 9.97 Å². The summed E-state index contributed by atoms with van der Waals surface area (Å²) in [5.74, 6) is 1.56. The average Bonchev–Trinajstić information content (AvgIpc) is 2.64. The van der Waals surface area contributed by atoms with Gasteiger partial charge in [-0.3, -0.25) is 4.79 Å². The van der Waals surface area contributed by atoms with Crippen molar-refractivity contribution in [2.24, 2.45) is 0 Å². The second-order valence-electron chi connectivity index (χ2n) is 4.53. The number of nitrogens with one attached hydrogen (secondary N) is 1. The predicted molar refractivity (Wildman–Crippen MR) is 61.8 cm³/mol. The molecular formula is C11H17N3O2. The maximum absolute atomic E-state index is 11.5. The van der Waals surface area contributed by atoms with E-state index in [1.165, 1.54) is 6.07 Å². The Morgan fingerprint density at radius 3 is 2.94 bits per heavy atom. The van der Waals surface area contributed by atoms with Gasteiger partial charge in [-0.05, 0) is 6.42 Å². The summed E-state index contributed by atoms with van der Waals surface area (Å²) in [7, 11) is 0. The lowest BCUT2D eigenvalue weighted by Crippen LogP contribution is -2.25. The Morgan fingerprint density at radius 1 is 1.62 bits per heavy atom. The number of aliphatic hydroxyl groups is 1. The summed E-state index contributed by atoms with van der Waals surface area (Å²) in [4.78, 5) is 20.6. The van der Waals surface area contributed by atoms with E-state index in [4.69, 9.17) is 0 Å². The van der Waals surface area contributed by atoms with Crippen molar-refractivity contribution in [3.8, 4) is 0 Å². The molecule has 5 heteroatoms. The van der Waals surface area contributed by atoms with Gasteiger partial charge < -0.3 is 15.0 Å². The zero-order valence-corrected chi connectivity index (χ0v) is 9.60. The number of rotatable bonds is 2. The van der Waals surface area contributed by atoms with Crippen LogP contribution in [0.1, 0.15) is 32.0 Å². The molecule has 0 amide bonds. The van der Waals surface area contributed by atoms with Crippen molar-refractivity contribution < 1.29 is 5.11 Å². The van der Waals surface area contributed by atoms with Crippen LogP contribution >= 0.6 is 0 Å². The van der Waals surface area contributed by atoms with Crippen LogP contribution in [0.25, 0.3) is 0 Å². The lowest BCUT2D eigenvalue weighted by molar-refractivity contribution is 0.198. The van der Waals surface area contributed by atoms with E-state index in [0.717, 1.165) is 13.0 Å². The van der Waals surface area contributed by atoms with E-state index in [-0.39, 0.29) is 17.6 Å². The molecule has 0 saturated carbocycles. The van der Waals surface area contributed by atoms with Gasteiger partial charge in [0.15, 0.2) is 0 Å². The number of β-amino-alcohol motifs (C(OH)–C–C–N with tert-alkyl or cyclic N) is 1. The van der Waals surface area contributed by atoms with Crippen LogP contribution in [0.2, 0.25) is 0 Å². The quantitative estimate of drug-likeness (QED) is 0.764. The summed E-state index contributed by atoms with van der Waals surface area (Å²) >= 11 is 0. The van der Waals surface area contributed by atoms with Crippen molar-refractivity contribution in [3.05, 3.63) is 22.2 Å². The number of aromatic nitrogens is 2. The lowest BCUT2D eigenvalue weighted by Gasteiger charge is -2.17. The van der Waals surface area contributed by atoms with Crippen molar-refractivity contribution in [2.75, 3.05) is 18.0 Å². The third kappa shape index (κ3) is 2.24. The van der Waals surface area contributed by atoms with Crippen LogP contribution < -0.4 is 10.5 Å². The zero-order chi connectivity index (χ0) is 11.7. The lowest BCUT2D eigenvalue weighted by atomic mass is 10.2. The van der Waals surface area contributed by atoms with Crippen LogP contribution in [0.3, 0.4) is 0 Å². The molecule has 1 aromatic heterocycles. The highest BCUT2D eigenvalue weighted by atomic mass is 16.3. The molecule has 1 fully saturated rings. The summed E-state index contributed by atoms with van der Waals surface area (Å²) in [5, 5.41) is 9.45. The Morgan fingerprint density at radius 2 is 2.38 bits per heavy atom. The van der Waals surface area contributed by atoms with E-state index in [1.54, 1.807) is 0 Å². The van der Waals surface area contributed by atoms with Gasteiger partial charge >= 0.3 is 0 Å². The Balaban J connectivity index is 2.30. The van der Waals surface area contributed by atoms with Crippen molar-refractivity contribution >= 4 is 5.82 Å². The Kier molecular flexibility index (Phi) is 2.96. The van der Waals surface area contributed by atoms with E-state index in [0.29, 0.717) is 18.2 Å². The third-order valence-electron chi connectivity index (χ3n) is 2.78. The molecule has 5 nitrogen and oxygen atoms in total. The van der Waals surface area contributed by atoms with Gasteiger partial charge in [0.25, 0.3) is 5.56 Å². The first-order valence-corrected chi connectivity index (χ1v) is 5.60. The van der Waals surface area contributed by atoms with Crippen molar-refractivity contribution in [3.63, 3.8) is 0 Å². The number of nitrogens with zero attached hydrogens (tertiary/aromatic N) is 2. The van der Waals surface area contributed by atoms with E-state index >= 15 is 0 Å². The fourth-order valence-corrected chi connectivity index (χ4v) is 1.85. The molecule has 1 aliphatic heterocycles. The molecular weight excluding hydrogens is 206 g/mol. The molecule has 0 spiro atoms. The maximum atomic E-state index is 11.5. The third-order valence-corrected chi connectivity index (χ3v) is 2.78. The van der Waals surface area contributed by atoms with Gasteiger partial charge in [-0.1, -0.05) is 13.8 Å². The molecule has 1 saturated heterocycles. The Labute approximate surface area is 94.1 Å². The van der Waals surface area contributed by atoms with Gasteiger partial charge in [-0.15, -0.1) is 0 Å². The molecule has 16 heavy (non-hydrogen) atoms. The molecule has 0 aromatic carbocycles. The largest absolute Gasteiger partial charge is 0.391 e. The SMILES string of the molecule is CC(C)c1nc(N2CC[C@@H](O)C2)cc(=O)[nH]1. The monoisotopic (exact) mass is 223 g/mol. The first-order chi connectivity index (χ1) is 7.56. The van der Waals surface area contributed by atoms with Gasteiger partial charge in [0.2, 0.25) is 0 Å². The summed E-state index contributed by atoms with van der Waals surface area (Å²) in [6.07, 6.45) is 0.439. The Bertz CT molecular complexity index is 427. The molecule has 1 atom stereocenters. The smallest absolute Gasteiger partial charge is 0.252 e. The van der Waals surface area contributed by atoms with Crippen molar-refractivity contribution in [1.82, 2.24) is 9.97 Å². The number of anilines is 1. The standard InChI is InChI=1S/C11H17N3O2/c1-7(2)11-12-9(5-10(16)13-11)14-4-3-8(15)6-14/h5,7-8,15H,3-4,6H2,1-2H3,(H,12,13,16)/t8-/m1/s1. The van der Waals surface area contributed by atoms with Gasteiger partial charge in [0, 0.05) is 25.1 Å². The minimum atomic E-state index is -0.302. The second kappa shape index (κ2) is 4.25. The summed E-state index contributed by atoms with van der Waals surface area (Å²) in [6, 6.07) is 1.49. The second-order valence-corrected chi connectivity index (χ2v) is 4.53. The van der Waals surface area contributed by atoms with E-state index in [9.17, 15) is 9.90 Å². The molecule has 2 rings (SSSR count). The van der Waals surface area contributed by atoms with Crippen LogP contribution in [-0.2, 0) is 0 Å². The molecule has 0 unspecified atom stereocenters. The van der Waals surface area contributed by atoms with Crippen molar-refractivity contribution in [1.29, 1.82) is 0 Å². The highest BCUT2D eigenvalue weighted by Crippen LogP contribution is 2.18. The molecule has 2 heterocycles. The number of hydrogen-bond donors (Lipinski definition) is 2. The van der Waals surface area contributed by atoms with Crippen LogP contribution in [0, 0.1) is 0 Å². The minimum absolute atomic E-state index is 0.130. The molecule has 0 aliphatic carbocycles. The summed E-state index contributed by atoms with van der Waals surface area (Å²) in [5.41, 5.74) is -0.130. The fourth-order valence-electron chi connectivity index (χ4n) is 1.85. The van der Waals surface area contributed by atoms with Crippen LogP contribution in [-0.4, -0.2) is 34.3 Å². The summed E-state index contributed by atoms with van der Waals surface area (Å²) in [6.45, 7) is 5.30. The molecule has 2 N–H and O–H groups in total. The van der Waals surface area contributed by atoms with Crippen LogP contribution in [0.5, 0.6) is 0 Å².